The Labute approximate surface area is 106 Å². The highest BCUT2D eigenvalue weighted by Crippen LogP contribution is 2.00. The maximum absolute atomic E-state index is 10.2. The Morgan fingerprint density at radius 2 is 1.76 bits per heavy atom. The normalized spacial score (nSPS) is 11.4. The molecular weight excluding hydrogens is 214 g/mol. The number of nitrogens with two attached hydrogens (primary N) is 1. The minimum atomic E-state index is -0.436. The fourth-order valence-electron chi connectivity index (χ4n) is 0.856. The van der Waals surface area contributed by atoms with Gasteiger partial charge >= 0.3 is 0 Å². The molecule has 1 amide bonds. The van der Waals surface area contributed by atoms with E-state index in [1.165, 1.54) is 6.08 Å². The third-order valence-corrected chi connectivity index (χ3v) is 1.50. The van der Waals surface area contributed by atoms with Crippen molar-refractivity contribution in [1.82, 2.24) is 0 Å². The van der Waals surface area contributed by atoms with Gasteiger partial charge in [0, 0.05) is 6.08 Å². The van der Waals surface area contributed by atoms with Gasteiger partial charge in [0.05, 0.1) is 6.10 Å². The van der Waals surface area contributed by atoms with Crippen LogP contribution in [0.3, 0.4) is 0 Å². The van der Waals surface area contributed by atoms with E-state index in [0.717, 1.165) is 19.3 Å². The molecule has 0 aromatic rings. The molecular formula is C14H29NO2. The van der Waals surface area contributed by atoms with Crippen LogP contribution in [0.15, 0.2) is 24.3 Å². The minimum absolute atomic E-state index is 0.227. The average molecular weight is 243 g/mol. The number of unbranched alkanes of at least 4 members (excludes halogenated alkanes) is 1. The summed E-state index contributed by atoms with van der Waals surface area (Å²) in [5.74, 6) is -0.436. The van der Waals surface area contributed by atoms with Crippen LogP contribution in [0.5, 0.6) is 0 Å². The van der Waals surface area contributed by atoms with Gasteiger partial charge in [-0.05, 0) is 26.2 Å². The van der Waals surface area contributed by atoms with Crippen LogP contribution in [0.25, 0.3) is 0 Å². The number of allylic oxidation sites excluding steroid dienone is 3. The zero-order valence-electron chi connectivity index (χ0n) is 11.9. The molecule has 3 heteroatoms. The van der Waals surface area contributed by atoms with Gasteiger partial charge in [0.15, 0.2) is 0 Å². The monoisotopic (exact) mass is 243 g/mol. The van der Waals surface area contributed by atoms with E-state index in [9.17, 15) is 4.79 Å². The van der Waals surface area contributed by atoms with Crippen LogP contribution in [0.2, 0.25) is 0 Å². The number of carbonyl (C=O) groups excluding carboxylic acids is 1. The van der Waals surface area contributed by atoms with Crippen molar-refractivity contribution in [2.24, 2.45) is 5.73 Å². The molecule has 0 saturated heterocycles. The van der Waals surface area contributed by atoms with E-state index in [1.807, 2.05) is 33.8 Å². The summed E-state index contributed by atoms with van der Waals surface area (Å²) in [7, 11) is 0. The van der Waals surface area contributed by atoms with Crippen LogP contribution in [0.4, 0.5) is 0 Å². The van der Waals surface area contributed by atoms with Gasteiger partial charge in [0.1, 0.15) is 0 Å². The Morgan fingerprint density at radius 3 is 2.18 bits per heavy atom. The van der Waals surface area contributed by atoms with Crippen LogP contribution in [-0.2, 0) is 4.79 Å². The second-order valence-corrected chi connectivity index (χ2v) is 2.97. The van der Waals surface area contributed by atoms with Crippen molar-refractivity contribution in [1.29, 1.82) is 0 Å². The predicted molar refractivity (Wildman–Crippen MR) is 75.7 cm³/mol. The van der Waals surface area contributed by atoms with Gasteiger partial charge < -0.3 is 10.8 Å². The van der Waals surface area contributed by atoms with Gasteiger partial charge in [-0.1, -0.05) is 45.9 Å². The van der Waals surface area contributed by atoms with E-state index in [0.29, 0.717) is 0 Å². The molecule has 0 aliphatic rings. The predicted octanol–water partition coefficient (Wildman–Crippen LogP) is 3.19. The van der Waals surface area contributed by atoms with E-state index in [2.05, 4.69) is 0 Å². The number of aliphatic hydroxyl groups is 1. The highest BCUT2D eigenvalue weighted by Gasteiger charge is 1.91. The molecule has 0 bridgehead atoms. The number of rotatable bonds is 6. The molecule has 0 aliphatic carbocycles. The molecule has 3 nitrogen and oxygen atoms in total. The molecule has 102 valence electrons. The van der Waals surface area contributed by atoms with Gasteiger partial charge in [-0.2, -0.15) is 0 Å². The molecule has 1 unspecified atom stereocenters. The first-order valence-electron chi connectivity index (χ1n) is 6.43. The third-order valence-electron chi connectivity index (χ3n) is 1.50. The molecule has 0 fully saturated rings. The zero-order valence-corrected chi connectivity index (χ0v) is 11.9. The van der Waals surface area contributed by atoms with E-state index in [4.69, 9.17) is 10.8 Å². The van der Waals surface area contributed by atoms with Gasteiger partial charge in [-0.25, -0.2) is 0 Å². The number of hydrogen-bond donors (Lipinski definition) is 2. The number of aliphatic hydroxyl groups excluding tert-OH is 1. The molecule has 0 aromatic heterocycles. The van der Waals surface area contributed by atoms with Gasteiger partial charge in [0.2, 0.25) is 5.91 Å². The van der Waals surface area contributed by atoms with Crippen molar-refractivity contribution in [3.05, 3.63) is 24.3 Å². The summed E-state index contributed by atoms with van der Waals surface area (Å²) < 4.78 is 0. The largest absolute Gasteiger partial charge is 0.393 e. The zero-order chi connectivity index (χ0) is 14.1. The smallest absolute Gasteiger partial charge is 0.241 e. The van der Waals surface area contributed by atoms with Crippen molar-refractivity contribution >= 4 is 5.91 Å². The van der Waals surface area contributed by atoms with Gasteiger partial charge in [0.25, 0.3) is 0 Å². The number of primary amides is 1. The molecule has 1 atom stereocenters. The molecule has 3 N–H and O–H groups in total. The molecule has 0 spiro atoms. The Balaban J connectivity index is -0.000000439. The minimum Gasteiger partial charge on any atom is -0.393 e. The molecule has 0 rings (SSSR count). The average Bonchev–Trinajstić information content (AvgIpc) is 2.32. The van der Waals surface area contributed by atoms with Crippen LogP contribution in [-0.4, -0.2) is 17.1 Å². The van der Waals surface area contributed by atoms with Crippen molar-refractivity contribution in [3.8, 4) is 0 Å². The Kier molecular flexibility index (Phi) is 25.4. The lowest BCUT2D eigenvalue weighted by Crippen LogP contribution is -2.04. The number of hydrogen-bond acceptors (Lipinski definition) is 2. The van der Waals surface area contributed by atoms with E-state index in [-0.39, 0.29) is 6.10 Å². The van der Waals surface area contributed by atoms with Gasteiger partial charge in [-0.15, -0.1) is 0 Å². The molecule has 17 heavy (non-hydrogen) atoms. The summed E-state index contributed by atoms with van der Waals surface area (Å²) in [5.41, 5.74) is 4.88. The fourth-order valence-corrected chi connectivity index (χ4v) is 0.856. The van der Waals surface area contributed by atoms with Gasteiger partial charge in [-0.3, -0.25) is 4.79 Å². The Bertz CT molecular complexity index is 196. The lowest BCUT2D eigenvalue weighted by Gasteiger charge is -1.99. The second kappa shape index (κ2) is 20.3. The second-order valence-electron chi connectivity index (χ2n) is 2.97. The first kappa shape index (κ1) is 21.2. The molecule has 0 aliphatic heterocycles. The molecule has 0 heterocycles. The van der Waals surface area contributed by atoms with E-state index in [1.54, 1.807) is 19.1 Å². The number of carbonyl (C=O) groups is 1. The summed E-state index contributed by atoms with van der Waals surface area (Å²) in [4.78, 5) is 10.2. The molecule has 0 aromatic carbocycles. The number of amides is 1. The standard InChI is InChI=1S/C10H17NO2.2C2H6/c1-9(12)7-5-3-2-4-6-8-10(11)13;2*1-2/h2,4,6,8-9,12H,3,5,7H2,1H3,(H2,11,13);2*1-2H3/b4-2+,8-6+;;. The highest BCUT2D eigenvalue weighted by molar-refractivity contribution is 5.85. The van der Waals surface area contributed by atoms with E-state index >= 15 is 0 Å². The first-order valence-corrected chi connectivity index (χ1v) is 6.43. The summed E-state index contributed by atoms with van der Waals surface area (Å²) in [6.45, 7) is 9.77. The maximum Gasteiger partial charge on any atom is 0.241 e. The lowest BCUT2D eigenvalue weighted by molar-refractivity contribution is -0.113. The van der Waals surface area contributed by atoms with Crippen LogP contribution in [0.1, 0.15) is 53.9 Å². The lowest BCUT2D eigenvalue weighted by atomic mass is 10.1. The van der Waals surface area contributed by atoms with Crippen molar-refractivity contribution in [3.63, 3.8) is 0 Å². The first-order chi connectivity index (χ1) is 8.13. The topological polar surface area (TPSA) is 63.3 Å². The quantitative estimate of drug-likeness (QED) is 0.427. The van der Waals surface area contributed by atoms with E-state index < -0.39 is 5.91 Å². The third kappa shape index (κ3) is 31.3. The van der Waals surface area contributed by atoms with Crippen LogP contribution in [0, 0.1) is 0 Å². The summed E-state index contributed by atoms with van der Waals surface area (Å²) >= 11 is 0. The van der Waals surface area contributed by atoms with Crippen LogP contribution >= 0.6 is 0 Å². The Hall–Kier alpha value is -1.09. The summed E-state index contributed by atoms with van der Waals surface area (Å²) in [6.07, 6.45) is 9.11. The summed E-state index contributed by atoms with van der Waals surface area (Å²) in [6, 6.07) is 0. The highest BCUT2D eigenvalue weighted by atomic mass is 16.3. The van der Waals surface area contributed by atoms with Crippen LogP contribution < -0.4 is 5.73 Å². The Morgan fingerprint density at radius 1 is 1.24 bits per heavy atom. The molecule has 0 saturated carbocycles. The fraction of sp³-hybridized carbons (Fsp3) is 0.643. The SMILES string of the molecule is CC.CC.CC(O)CCC/C=C/C=C/C(N)=O. The van der Waals surface area contributed by atoms with Crippen molar-refractivity contribution < 1.29 is 9.90 Å². The maximum atomic E-state index is 10.2. The van der Waals surface area contributed by atoms with Crippen molar-refractivity contribution in [2.75, 3.05) is 0 Å². The summed E-state index contributed by atoms with van der Waals surface area (Å²) in [5, 5.41) is 8.93. The van der Waals surface area contributed by atoms with Crippen molar-refractivity contribution in [2.45, 2.75) is 60.0 Å². The molecule has 0 radical (unpaired) electrons.